The molecule has 0 bridgehead atoms. The SMILES string of the molecule is CCC/C=C\CN(C)C. The van der Waals surface area contributed by atoms with Crippen molar-refractivity contribution >= 4 is 0 Å². The van der Waals surface area contributed by atoms with Crippen molar-refractivity contribution in [2.45, 2.75) is 19.8 Å². The third kappa shape index (κ3) is 7.70. The van der Waals surface area contributed by atoms with Gasteiger partial charge in [0.05, 0.1) is 0 Å². The topological polar surface area (TPSA) is 3.24 Å². The van der Waals surface area contributed by atoms with Crippen molar-refractivity contribution in [3.8, 4) is 0 Å². The van der Waals surface area contributed by atoms with Crippen LogP contribution in [0.2, 0.25) is 0 Å². The lowest BCUT2D eigenvalue weighted by molar-refractivity contribution is 0.456. The van der Waals surface area contributed by atoms with E-state index in [-0.39, 0.29) is 0 Å². The average Bonchev–Trinajstić information content (AvgIpc) is 1.80. The third-order valence-corrected chi connectivity index (χ3v) is 1.09. The number of allylic oxidation sites excluding steroid dienone is 1. The van der Waals surface area contributed by atoms with E-state index >= 15 is 0 Å². The minimum absolute atomic E-state index is 1.07. The summed E-state index contributed by atoms with van der Waals surface area (Å²) in [6, 6.07) is 0. The van der Waals surface area contributed by atoms with Crippen LogP contribution in [0.25, 0.3) is 0 Å². The Kier molecular flexibility index (Phi) is 5.64. The van der Waals surface area contributed by atoms with Crippen molar-refractivity contribution in [3.63, 3.8) is 0 Å². The van der Waals surface area contributed by atoms with Gasteiger partial charge in [-0.25, -0.2) is 0 Å². The fourth-order valence-electron chi connectivity index (χ4n) is 0.570. The van der Waals surface area contributed by atoms with Gasteiger partial charge in [-0.2, -0.15) is 0 Å². The quantitative estimate of drug-likeness (QED) is 0.521. The number of rotatable bonds is 4. The Morgan fingerprint density at radius 3 is 2.33 bits per heavy atom. The first kappa shape index (κ1) is 8.70. The first-order valence-electron chi connectivity index (χ1n) is 3.57. The van der Waals surface area contributed by atoms with E-state index in [1.165, 1.54) is 12.8 Å². The summed E-state index contributed by atoms with van der Waals surface area (Å²) in [6.07, 6.45) is 6.92. The zero-order chi connectivity index (χ0) is 7.11. The molecule has 0 unspecified atom stereocenters. The molecule has 1 nitrogen and oxygen atoms in total. The molecule has 0 aliphatic rings. The van der Waals surface area contributed by atoms with Gasteiger partial charge in [-0.05, 0) is 20.5 Å². The van der Waals surface area contributed by atoms with E-state index in [1.54, 1.807) is 0 Å². The van der Waals surface area contributed by atoms with Gasteiger partial charge >= 0.3 is 0 Å². The Bertz CT molecular complexity index is 74.6. The Balaban J connectivity index is 3.04. The van der Waals surface area contributed by atoms with Crippen LogP contribution in [-0.2, 0) is 0 Å². The van der Waals surface area contributed by atoms with Gasteiger partial charge in [0.25, 0.3) is 0 Å². The standard InChI is InChI=1S/C8H17N/c1-4-5-6-7-8-9(2)3/h6-7H,4-5,8H2,1-3H3/b7-6-. The normalized spacial score (nSPS) is 11.6. The molecule has 0 radical (unpaired) electrons. The van der Waals surface area contributed by atoms with Gasteiger partial charge in [0.15, 0.2) is 0 Å². The van der Waals surface area contributed by atoms with Crippen LogP contribution in [0.15, 0.2) is 12.2 Å². The second-order valence-electron chi connectivity index (χ2n) is 2.52. The Labute approximate surface area is 58.4 Å². The van der Waals surface area contributed by atoms with Gasteiger partial charge in [0, 0.05) is 6.54 Å². The third-order valence-electron chi connectivity index (χ3n) is 1.09. The average molecular weight is 127 g/mol. The maximum atomic E-state index is 2.24. The molecule has 0 heterocycles. The lowest BCUT2D eigenvalue weighted by Gasteiger charge is -2.02. The lowest BCUT2D eigenvalue weighted by Crippen LogP contribution is -2.10. The summed E-state index contributed by atoms with van der Waals surface area (Å²) in [5.41, 5.74) is 0. The van der Waals surface area contributed by atoms with E-state index in [9.17, 15) is 0 Å². The molecule has 0 atom stereocenters. The van der Waals surface area contributed by atoms with Crippen LogP contribution in [0.1, 0.15) is 19.8 Å². The lowest BCUT2D eigenvalue weighted by atomic mass is 10.3. The second kappa shape index (κ2) is 5.83. The molecule has 1 heteroatoms. The van der Waals surface area contributed by atoms with E-state index < -0.39 is 0 Å². The monoisotopic (exact) mass is 127 g/mol. The predicted octanol–water partition coefficient (Wildman–Crippen LogP) is 1.90. The summed E-state index contributed by atoms with van der Waals surface area (Å²) in [4.78, 5) is 2.16. The molecule has 9 heavy (non-hydrogen) atoms. The first-order valence-corrected chi connectivity index (χ1v) is 3.57. The molecule has 0 fully saturated rings. The summed E-state index contributed by atoms with van der Waals surface area (Å²) in [5.74, 6) is 0. The summed E-state index contributed by atoms with van der Waals surface area (Å²) >= 11 is 0. The Morgan fingerprint density at radius 1 is 1.22 bits per heavy atom. The fraction of sp³-hybridized carbons (Fsp3) is 0.750. The molecule has 0 rings (SSSR count). The van der Waals surface area contributed by atoms with Gasteiger partial charge in [0.2, 0.25) is 0 Å². The van der Waals surface area contributed by atoms with Crippen molar-refractivity contribution in [2.24, 2.45) is 0 Å². The van der Waals surface area contributed by atoms with Crippen LogP contribution in [0.3, 0.4) is 0 Å². The van der Waals surface area contributed by atoms with Crippen molar-refractivity contribution in [3.05, 3.63) is 12.2 Å². The highest BCUT2D eigenvalue weighted by molar-refractivity contribution is 4.82. The van der Waals surface area contributed by atoms with Crippen LogP contribution >= 0.6 is 0 Å². The molecule has 0 aliphatic heterocycles. The molecule has 0 aliphatic carbocycles. The summed E-state index contributed by atoms with van der Waals surface area (Å²) in [5, 5.41) is 0. The molecule has 0 spiro atoms. The minimum Gasteiger partial charge on any atom is -0.306 e. The second-order valence-corrected chi connectivity index (χ2v) is 2.52. The van der Waals surface area contributed by atoms with E-state index in [0.29, 0.717) is 0 Å². The summed E-state index contributed by atoms with van der Waals surface area (Å²) < 4.78 is 0. The molecular formula is C8H17N. The fourth-order valence-corrected chi connectivity index (χ4v) is 0.570. The van der Waals surface area contributed by atoms with Crippen LogP contribution in [0.5, 0.6) is 0 Å². The van der Waals surface area contributed by atoms with Crippen molar-refractivity contribution < 1.29 is 0 Å². The van der Waals surface area contributed by atoms with Gasteiger partial charge in [-0.3, -0.25) is 0 Å². The molecule has 0 amide bonds. The summed E-state index contributed by atoms with van der Waals surface area (Å²) in [7, 11) is 4.16. The minimum atomic E-state index is 1.07. The van der Waals surface area contributed by atoms with Crippen molar-refractivity contribution in [1.29, 1.82) is 0 Å². The molecule has 0 N–H and O–H groups in total. The molecular weight excluding hydrogens is 110 g/mol. The van der Waals surface area contributed by atoms with Crippen LogP contribution in [-0.4, -0.2) is 25.5 Å². The molecule has 0 aromatic heterocycles. The highest BCUT2D eigenvalue weighted by Gasteiger charge is 1.79. The van der Waals surface area contributed by atoms with Crippen LogP contribution in [0.4, 0.5) is 0 Å². The van der Waals surface area contributed by atoms with Gasteiger partial charge in [0.1, 0.15) is 0 Å². The van der Waals surface area contributed by atoms with E-state index in [1.807, 2.05) is 0 Å². The molecule has 54 valence electrons. The molecule has 0 aromatic rings. The number of hydrogen-bond acceptors (Lipinski definition) is 1. The van der Waals surface area contributed by atoms with Gasteiger partial charge < -0.3 is 4.90 Å². The highest BCUT2D eigenvalue weighted by Crippen LogP contribution is 1.87. The van der Waals surface area contributed by atoms with E-state index in [2.05, 4.69) is 38.1 Å². The largest absolute Gasteiger partial charge is 0.306 e. The number of hydrogen-bond donors (Lipinski definition) is 0. The smallest absolute Gasteiger partial charge is 0.0157 e. The summed E-state index contributed by atoms with van der Waals surface area (Å²) in [6.45, 7) is 3.26. The predicted molar refractivity (Wildman–Crippen MR) is 42.6 cm³/mol. The zero-order valence-corrected chi connectivity index (χ0v) is 6.72. The van der Waals surface area contributed by atoms with Crippen LogP contribution in [0, 0.1) is 0 Å². The molecule has 0 aromatic carbocycles. The van der Waals surface area contributed by atoms with Gasteiger partial charge in [-0.1, -0.05) is 25.5 Å². The zero-order valence-electron chi connectivity index (χ0n) is 6.72. The molecule has 0 saturated heterocycles. The maximum Gasteiger partial charge on any atom is 0.0157 e. The van der Waals surface area contributed by atoms with Crippen LogP contribution < -0.4 is 0 Å². The van der Waals surface area contributed by atoms with Crippen molar-refractivity contribution in [2.75, 3.05) is 20.6 Å². The van der Waals surface area contributed by atoms with E-state index in [4.69, 9.17) is 0 Å². The Hall–Kier alpha value is -0.300. The van der Waals surface area contributed by atoms with Crippen molar-refractivity contribution in [1.82, 2.24) is 4.90 Å². The molecule has 0 saturated carbocycles. The highest BCUT2D eigenvalue weighted by atomic mass is 15.0. The number of unbranched alkanes of at least 4 members (excludes halogenated alkanes) is 1. The van der Waals surface area contributed by atoms with E-state index in [0.717, 1.165) is 6.54 Å². The van der Waals surface area contributed by atoms with Gasteiger partial charge in [-0.15, -0.1) is 0 Å². The number of likely N-dealkylation sites (N-methyl/N-ethyl adjacent to an activating group) is 1. The number of nitrogens with zero attached hydrogens (tertiary/aromatic N) is 1. The maximum absolute atomic E-state index is 2.24. The first-order chi connectivity index (χ1) is 4.27. The Morgan fingerprint density at radius 2 is 1.89 bits per heavy atom.